The van der Waals surface area contributed by atoms with E-state index in [0.717, 1.165) is 45.6 Å². The van der Waals surface area contributed by atoms with Gasteiger partial charge in [0.1, 0.15) is 18.1 Å². The van der Waals surface area contributed by atoms with Crippen LogP contribution in [0.3, 0.4) is 0 Å². The van der Waals surface area contributed by atoms with E-state index in [1.165, 1.54) is 48.1 Å². The van der Waals surface area contributed by atoms with E-state index in [1.807, 2.05) is 66.7 Å². The first-order valence-electron chi connectivity index (χ1n) is 13.9. The molecular weight excluding hydrogens is 551 g/mol. The maximum atomic E-state index is 6.45. The van der Waals surface area contributed by atoms with Gasteiger partial charge < -0.3 is 23.3 Å². The number of hydrogen-bond acceptors (Lipinski definition) is 7. The predicted octanol–water partition coefficient (Wildman–Crippen LogP) is 9.07. The molecule has 1 saturated heterocycles. The fourth-order valence-corrected chi connectivity index (χ4v) is 6.54. The summed E-state index contributed by atoms with van der Waals surface area (Å²) in [5, 5.41) is 1.21. The Bertz CT molecular complexity index is 1530. The molecule has 1 aromatic heterocycles. The van der Waals surface area contributed by atoms with Gasteiger partial charge in [0.05, 0.1) is 13.7 Å². The van der Waals surface area contributed by atoms with Gasteiger partial charge >= 0.3 is 0 Å². The van der Waals surface area contributed by atoms with Crippen LogP contribution in [0.1, 0.15) is 18.4 Å². The summed E-state index contributed by atoms with van der Waals surface area (Å²) in [4.78, 5) is 4.61. The zero-order chi connectivity index (χ0) is 27.9. The SMILES string of the molecule is COc1cc(OCc2ccccc2)c(Oc2ccc(SOCCN3CCCC3)cc2)cc1-c1cc2ccccc2s1. The molecule has 1 aliphatic rings. The lowest BCUT2D eigenvalue weighted by molar-refractivity contribution is 0.261. The van der Waals surface area contributed by atoms with Gasteiger partial charge in [0.15, 0.2) is 11.5 Å². The summed E-state index contributed by atoms with van der Waals surface area (Å²) in [7, 11) is 1.69. The van der Waals surface area contributed by atoms with E-state index in [4.69, 9.17) is 18.4 Å². The largest absolute Gasteiger partial charge is 0.496 e. The third-order valence-electron chi connectivity index (χ3n) is 7.09. The normalized spacial score (nSPS) is 13.5. The highest BCUT2D eigenvalue weighted by atomic mass is 32.2. The van der Waals surface area contributed by atoms with E-state index in [-0.39, 0.29) is 0 Å². The molecule has 0 aliphatic carbocycles. The molecule has 0 spiro atoms. The molecule has 4 aromatic carbocycles. The van der Waals surface area contributed by atoms with Crippen LogP contribution in [0.4, 0.5) is 0 Å². The summed E-state index contributed by atoms with van der Waals surface area (Å²) in [5.74, 6) is 2.73. The van der Waals surface area contributed by atoms with Crippen LogP contribution in [0.25, 0.3) is 20.5 Å². The molecule has 0 N–H and O–H groups in total. The minimum absolute atomic E-state index is 0.424. The maximum absolute atomic E-state index is 6.45. The average molecular weight is 584 g/mol. The predicted molar refractivity (Wildman–Crippen MR) is 169 cm³/mol. The summed E-state index contributed by atoms with van der Waals surface area (Å²) in [5.41, 5.74) is 2.05. The Morgan fingerprint density at radius 2 is 1.59 bits per heavy atom. The molecule has 0 amide bonds. The second kappa shape index (κ2) is 13.4. The van der Waals surface area contributed by atoms with Gasteiger partial charge in [-0.3, -0.25) is 0 Å². The molecule has 0 unspecified atom stereocenters. The van der Waals surface area contributed by atoms with Crippen molar-refractivity contribution in [1.29, 1.82) is 0 Å². The molecule has 0 bridgehead atoms. The number of fused-ring (bicyclic) bond motifs is 1. The molecule has 0 radical (unpaired) electrons. The van der Waals surface area contributed by atoms with Gasteiger partial charge in [-0.1, -0.05) is 48.5 Å². The lowest BCUT2D eigenvalue weighted by Crippen LogP contribution is -2.23. The Morgan fingerprint density at radius 1 is 0.805 bits per heavy atom. The van der Waals surface area contributed by atoms with Crippen molar-refractivity contribution >= 4 is 33.5 Å². The molecule has 7 heteroatoms. The first-order valence-corrected chi connectivity index (χ1v) is 15.5. The van der Waals surface area contributed by atoms with Crippen LogP contribution in [0, 0.1) is 0 Å². The quantitative estimate of drug-likeness (QED) is 0.108. The molecule has 0 atom stereocenters. The van der Waals surface area contributed by atoms with Gasteiger partial charge in [-0.05, 0) is 79.3 Å². The summed E-state index contributed by atoms with van der Waals surface area (Å²) in [6.07, 6.45) is 2.60. The van der Waals surface area contributed by atoms with E-state index in [1.54, 1.807) is 18.4 Å². The van der Waals surface area contributed by atoms with Crippen molar-refractivity contribution in [3.05, 3.63) is 103 Å². The second-order valence-electron chi connectivity index (χ2n) is 9.95. The Balaban J connectivity index is 1.22. The molecule has 41 heavy (non-hydrogen) atoms. The highest BCUT2D eigenvalue weighted by Crippen LogP contribution is 2.45. The van der Waals surface area contributed by atoms with Gasteiger partial charge in [-0.25, -0.2) is 0 Å². The van der Waals surface area contributed by atoms with Crippen LogP contribution in [0.5, 0.6) is 23.0 Å². The first-order chi connectivity index (χ1) is 20.2. The third kappa shape index (κ3) is 7.05. The minimum Gasteiger partial charge on any atom is -0.496 e. The molecule has 5 nitrogen and oxygen atoms in total. The molecule has 2 heterocycles. The summed E-state index contributed by atoms with van der Waals surface area (Å²) < 4.78 is 25.7. The number of likely N-dealkylation sites (tertiary alicyclic amines) is 1. The molecular formula is C34H33NO4S2. The average Bonchev–Trinajstić information content (AvgIpc) is 3.70. The van der Waals surface area contributed by atoms with Crippen molar-refractivity contribution in [1.82, 2.24) is 4.90 Å². The number of thiophene rings is 1. The Labute approximate surface area is 249 Å². The van der Waals surface area contributed by atoms with E-state index in [2.05, 4.69) is 35.2 Å². The summed E-state index contributed by atoms with van der Waals surface area (Å²) >= 11 is 3.15. The standard InChI is InChI=1S/C34H33NO4S2/c1-36-30-23-31(37-24-25-9-3-2-4-10-25)32(22-29(30)34-21-26-11-5-6-12-33(26)40-34)39-27-13-15-28(16-14-27)41-38-20-19-35-17-7-8-18-35/h2-6,9-16,21-23H,7-8,17-20,24H2,1H3. The van der Waals surface area contributed by atoms with Crippen LogP contribution in [0.2, 0.25) is 0 Å². The molecule has 0 saturated carbocycles. The number of ether oxygens (including phenoxy) is 3. The second-order valence-corrected chi connectivity index (χ2v) is 11.9. The van der Waals surface area contributed by atoms with Crippen molar-refractivity contribution in [3.63, 3.8) is 0 Å². The lowest BCUT2D eigenvalue weighted by Gasteiger charge is -2.17. The fraction of sp³-hybridized carbons (Fsp3) is 0.235. The van der Waals surface area contributed by atoms with Gasteiger partial charge in [0.2, 0.25) is 0 Å². The van der Waals surface area contributed by atoms with Gasteiger partial charge in [-0.15, -0.1) is 11.3 Å². The number of methoxy groups -OCH3 is 1. The van der Waals surface area contributed by atoms with Crippen molar-refractivity contribution < 1.29 is 18.4 Å². The van der Waals surface area contributed by atoms with Crippen LogP contribution < -0.4 is 14.2 Å². The highest BCUT2D eigenvalue weighted by Gasteiger charge is 2.18. The van der Waals surface area contributed by atoms with Gasteiger partial charge in [0, 0.05) is 44.7 Å². The first kappa shape index (κ1) is 27.7. The highest BCUT2D eigenvalue weighted by molar-refractivity contribution is 7.94. The van der Waals surface area contributed by atoms with E-state index in [9.17, 15) is 0 Å². The van der Waals surface area contributed by atoms with Crippen molar-refractivity contribution in [2.24, 2.45) is 0 Å². The molecule has 5 aromatic rings. The van der Waals surface area contributed by atoms with Gasteiger partial charge in [0.25, 0.3) is 0 Å². The number of benzene rings is 4. The van der Waals surface area contributed by atoms with E-state index in [0.29, 0.717) is 18.1 Å². The van der Waals surface area contributed by atoms with E-state index >= 15 is 0 Å². The fourth-order valence-electron chi connectivity index (χ4n) is 4.92. The van der Waals surface area contributed by atoms with E-state index < -0.39 is 0 Å². The summed E-state index contributed by atoms with van der Waals surface area (Å²) in [6.45, 7) is 4.50. The summed E-state index contributed by atoms with van der Waals surface area (Å²) in [6, 6.07) is 32.6. The van der Waals surface area contributed by atoms with Crippen LogP contribution in [-0.2, 0) is 10.8 Å². The number of rotatable bonds is 12. The van der Waals surface area contributed by atoms with Gasteiger partial charge in [-0.2, -0.15) is 0 Å². The number of nitrogens with zero attached hydrogens (tertiary/aromatic N) is 1. The Hall–Kier alpha value is -3.49. The Morgan fingerprint density at radius 3 is 2.37 bits per heavy atom. The van der Waals surface area contributed by atoms with Crippen LogP contribution >= 0.6 is 23.4 Å². The van der Waals surface area contributed by atoms with Crippen LogP contribution in [0.15, 0.2) is 102 Å². The smallest absolute Gasteiger partial charge is 0.170 e. The molecule has 1 fully saturated rings. The lowest BCUT2D eigenvalue weighted by atomic mass is 10.1. The molecule has 1 aliphatic heterocycles. The third-order valence-corrected chi connectivity index (χ3v) is 8.99. The Kier molecular flexibility index (Phi) is 9.08. The van der Waals surface area contributed by atoms with Crippen molar-refractivity contribution in [2.75, 3.05) is 33.4 Å². The maximum Gasteiger partial charge on any atom is 0.170 e. The topological polar surface area (TPSA) is 40.2 Å². The zero-order valence-corrected chi connectivity index (χ0v) is 24.7. The molecule has 6 rings (SSSR count). The minimum atomic E-state index is 0.424. The number of hydrogen-bond donors (Lipinski definition) is 0. The molecule has 210 valence electrons. The van der Waals surface area contributed by atoms with Crippen LogP contribution in [-0.4, -0.2) is 38.3 Å². The van der Waals surface area contributed by atoms with Crippen molar-refractivity contribution in [2.45, 2.75) is 24.3 Å². The van der Waals surface area contributed by atoms with Crippen molar-refractivity contribution in [3.8, 4) is 33.4 Å². The zero-order valence-electron chi connectivity index (χ0n) is 23.1. The monoisotopic (exact) mass is 583 g/mol.